The lowest BCUT2D eigenvalue weighted by atomic mass is 10.2. The summed E-state index contributed by atoms with van der Waals surface area (Å²) in [5, 5.41) is 5.98. The Kier molecular flexibility index (Phi) is 4.60. The van der Waals surface area contributed by atoms with Crippen molar-refractivity contribution in [1.82, 2.24) is 10.6 Å². The Labute approximate surface area is 115 Å². The third-order valence-electron chi connectivity index (χ3n) is 2.70. The van der Waals surface area contributed by atoms with Gasteiger partial charge in [0.15, 0.2) is 6.61 Å². The van der Waals surface area contributed by atoms with Gasteiger partial charge in [-0.25, -0.2) is 0 Å². The summed E-state index contributed by atoms with van der Waals surface area (Å²) in [6, 6.07) is 6.10. The molecule has 5 heteroatoms. The van der Waals surface area contributed by atoms with Crippen molar-refractivity contribution in [3.8, 4) is 5.75 Å². The molecular weight excluding hydrogens is 296 g/mol. The number of benzene rings is 1. The average Bonchev–Trinajstić information content (AvgIpc) is 3.14. The maximum Gasteiger partial charge on any atom is 0.258 e. The number of nitrogens with one attached hydrogen (secondary N) is 2. The second-order valence-electron chi connectivity index (χ2n) is 4.41. The molecule has 1 amide bonds. The van der Waals surface area contributed by atoms with Gasteiger partial charge in [0.05, 0.1) is 0 Å². The summed E-state index contributed by atoms with van der Waals surface area (Å²) in [6.07, 6.45) is 2.19. The Morgan fingerprint density at radius 3 is 2.94 bits per heavy atom. The van der Waals surface area contributed by atoms with Gasteiger partial charge in [0.2, 0.25) is 0 Å². The summed E-state index contributed by atoms with van der Waals surface area (Å²) >= 11 is 3.48. The summed E-state index contributed by atoms with van der Waals surface area (Å²) in [7, 11) is 1.89. The molecule has 1 aliphatic rings. The fourth-order valence-corrected chi connectivity index (χ4v) is 2.00. The lowest BCUT2D eigenvalue weighted by molar-refractivity contribution is -0.123. The first-order chi connectivity index (χ1) is 8.69. The Bertz CT molecular complexity index is 433. The minimum absolute atomic E-state index is 0.0458. The van der Waals surface area contributed by atoms with Gasteiger partial charge in [-0.15, -0.1) is 0 Å². The average molecular weight is 313 g/mol. The molecular formula is C13H17BrN2O2. The molecule has 0 heterocycles. The van der Waals surface area contributed by atoms with E-state index in [0.29, 0.717) is 6.04 Å². The predicted molar refractivity (Wildman–Crippen MR) is 73.6 cm³/mol. The molecule has 1 aromatic carbocycles. The highest BCUT2D eigenvalue weighted by Gasteiger charge is 2.23. The molecule has 4 nitrogen and oxygen atoms in total. The molecule has 0 atom stereocenters. The zero-order valence-electron chi connectivity index (χ0n) is 10.3. The first kappa shape index (κ1) is 13.4. The highest BCUT2D eigenvalue weighted by molar-refractivity contribution is 9.10. The number of halogens is 1. The molecule has 0 radical (unpaired) electrons. The second kappa shape index (κ2) is 6.20. The standard InChI is InChI=1S/C13H17BrN2O2/c1-15-7-9-6-11(4-5-12(9)14)18-8-13(17)16-10-2-3-10/h4-6,10,15H,2-3,7-8H2,1H3,(H,16,17). The van der Waals surface area contributed by atoms with E-state index in [4.69, 9.17) is 4.74 Å². The van der Waals surface area contributed by atoms with Gasteiger partial charge in [-0.1, -0.05) is 15.9 Å². The van der Waals surface area contributed by atoms with Crippen LogP contribution in [-0.2, 0) is 11.3 Å². The fraction of sp³-hybridized carbons (Fsp3) is 0.462. The summed E-state index contributed by atoms with van der Waals surface area (Å²) in [5.41, 5.74) is 1.11. The van der Waals surface area contributed by atoms with Crippen molar-refractivity contribution in [2.45, 2.75) is 25.4 Å². The lowest BCUT2D eigenvalue weighted by Crippen LogP contribution is -2.30. The number of carbonyl (C=O) groups excluding carboxylic acids is 1. The van der Waals surface area contributed by atoms with Crippen molar-refractivity contribution in [2.24, 2.45) is 0 Å². The van der Waals surface area contributed by atoms with Crippen LogP contribution in [0.2, 0.25) is 0 Å². The Morgan fingerprint density at radius 1 is 1.50 bits per heavy atom. The van der Waals surface area contributed by atoms with Crippen LogP contribution in [0, 0.1) is 0 Å². The monoisotopic (exact) mass is 312 g/mol. The quantitative estimate of drug-likeness (QED) is 0.842. The van der Waals surface area contributed by atoms with E-state index in [-0.39, 0.29) is 12.5 Å². The van der Waals surface area contributed by atoms with E-state index in [2.05, 4.69) is 26.6 Å². The van der Waals surface area contributed by atoms with Gasteiger partial charge in [0, 0.05) is 17.1 Å². The van der Waals surface area contributed by atoms with Gasteiger partial charge in [0.25, 0.3) is 5.91 Å². The third-order valence-corrected chi connectivity index (χ3v) is 3.47. The summed E-state index contributed by atoms with van der Waals surface area (Å²) in [4.78, 5) is 11.5. The third kappa shape index (κ3) is 3.99. The maximum atomic E-state index is 11.5. The van der Waals surface area contributed by atoms with Gasteiger partial charge in [0.1, 0.15) is 5.75 Å². The van der Waals surface area contributed by atoms with E-state index in [1.165, 1.54) is 0 Å². The van der Waals surface area contributed by atoms with Crippen molar-refractivity contribution in [2.75, 3.05) is 13.7 Å². The fourth-order valence-electron chi connectivity index (χ4n) is 1.61. The maximum absolute atomic E-state index is 11.5. The highest BCUT2D eigenvalue weighted by Crippen LogP contribution is 2.22. The van der Waals surface area contributed by atoms with Crippen molar-refractivity contribution in [1.29, 1.82) is 0 Å². The van der Waals surface area contributed by atoms with E-state index < -0.39 is 0 Å². The molecule has 0 aromatic heterocycles. The topological polar surface area (TPSA) is 50.4 Å². The normalized spacial score (nSPS) is 14.3. The van der Waals surface area contributed by atoms with Crippen LogP contribution in [0.3, 0.4) is 0 Å². The van der Waals surface area contributed by atoms with Gasteiger partial charge >= 0.3 is 0 Å². The SMILES string of the molecule is CNCc1cc(OCC(=O)NC2CC2)ccc1Br. The van der Waals surface area contributed by atoms with Crippen molar-refractivity contribution < 1.29 is 9.53 Å². The Morgan fingerprint density at radius 2 is 2.28 bits per heavy atom. The van der Waals surface area contributed by atoms with Gasteiger partial charge in [-0.05, 0) is 43.7 Å². The van der Waals surface area contributed by atoms with Gasteiger partial charge in [-0.2, -0.15) is 0 Å². The Hall–Kier alpha value is -1.07. The molecule has 98 valence electrons. The first-order valence-electron chi connectivity index (χ1n) is 6.04. The predicted octanol–water partition coefficient (Wildman–Crippen LogP) is 1.83. The number of rotatable bonds is 6. The van der Waals surface area contributed by atoms with Gasteiger partial charge < -0.3 is 15.4 Å². The summed E-state index contributed by atoms with van der Waals surface area (Å²) in [5.74, 6) is 0.671. The van der Waals surface area contributed by atoms with Crippen molar-refractivity contribution in [3.05, 3.63) is 28.2 Å². The van der Waals surface area contributed by atoms with Crippen LogP contribution in [0.4, 0.5) is 0 Å². The molecule has 1 aromatic rings. The van der Waals surface area contributed by atoms with E-state index in [1.807, 2.05) is 25.2 Å². The molecule has 0 saturated heterocycles. The molecule has 18 heavy (non-hydrogen) atoms. The minimum Gasteiger partial charge on any atom is -0.484 e. The summed E-state index contributed by atoms with van der Waals surface area (Å²) in [6.45, 7) is 0.836. The van der Waals surface area contributed by atoms with Crippen LogP contribution in [0.25, 0.3) is 0 Å². The molecule has 2 rings (SSSR count). The van der Waals surface area contributed by atoms with Crippen molar-refractivity contribution in [3.63, 3.8) is 0 Å². The molecule has 2 N–H and O–H groups in total. The van der Waals surface area contributed by atoms with Crippen molar-refractivity contribution >= 4 is 21.8 Å². The molecule has 0 unspecified atom stereocenters. The van der Waals surface area contributed by atoms with Crippen LogP contribution < -0.4 is 15.4 Å². The van der Waals surface area contributed by atoms with Crippen LogP contribution in [-0.4, -0.2) is 25.6 Å². The number of amides is 1. The highest BCUT2D eigenvalue weighted by atomic mass is 79.9. The lowest BCUT2D eigenvalue weighted by Gasteiger charge is -2.09. The largest absolute Gasteiger partial charge is 0.484 e. The molecule has 1 fully saturated rings. The molecule has 0 spiro atoms. The van der Waals surface area contributed by atoms with Crippen LogP contribution in [0.5, 0.6) is 5.75 Å². The Balaban J connectivity index is 1.87. The molecule has 0 bridgehead atoms. The number of hydrogen-bond acceptors (Lipinski definition) is 3. The molecule has 1 saturated carbocycles. The first-order valence-corrected chi connectivity index (χ1v) is 6.83. The van der Waals surface area contributed by atoms with E-state index in [1.54, 1.807) is 0 Å². The zero-order valence-corrected chi connectivity index (χ0v) is 11.9. The molecule has 1 aliphatic carbocycles. The zero-order chi connectivity index (χ0) is 13.0. The van der Waals surface area contributed by atoms with Gasteiger partial charge in [-0.3, -0.25) is 4.79 Å². The van der Waals surface area contributed by atoms with Crippen LogP contribution >= 0.6 is 15.9 Å². The smallest absolute Gasteiger partial charge is 0.258 e. The van der Waals surface area contributed by atoms with Crippen LogP contribution in [0.15, 0.2) is 22.7 Å². The number of ether oxygens (including phenoxy) is 1. The minimum atomic E-state index is -0.0458. The van der Waals surface area contributed by atoms with Crippen LogP contribution in [0.1, 0.15) is 18.4 Å². The summed E-state index contributed by atoms with van der Waals surface area (Å²) < 4.78 is 6.51. The molecule has 0 aliphatic heterocycles. The number of hydrogen-bond donors (Lipinski definition) is 2. The van der Waals surface area contributed by atoms with E-state index in [9.17, 15) is 4.79 Å². The van der Waals surface area contributed by atoms with E-state index in [0.717, 1.165) is 35.2 Å². The second-order valence-corrected chi connectivity index (χ2v) is 5.27. The van der Waals surface area contributed by atoms with E-state index >= 15 is 0 Å². The number of carbonyl (C=O) groups is 1.